The molecule has 126 valence electrons. The minimum Gasteiger partial charge on any atom is -0.444 e. The van der Waals surface area contributed by atoms with E-state index in [1.54, 1.807) is 6.20 Å². The average molecular weight is 320 g/mol. The molecule has 1 N–H and O–H groups in total. The molecule has 3 atom stereocenters. The van der Waals surface area contributed by atoms with Gasteiger partial charge < -0.3 is 14.6 Å². The monoisotopic (exact) mass is 320 g/mol. The first-order chi connectivity index (χ1) is 10.8. The van der Waals surface area contributed by atoms with Crippen molar-refractivity contribution in [2.45, 2.75) is 64.3 Å². The SMILES string of the molecule is C[C@@H]1C[C@H](NC(=O)[C@H]2CCN2C(=O)OC(C)(C)C)c2nccn21. The maximum Gasteiger partial charge on any atom is 0.410 e. The Balaban J connectivity index is 1.60. The molecule has 1 fully saturated rings. The average Bonchev–Trinajstić information content (AvgIpc) is 2.91. The normalized spacial score (nSPS) is 26.4. The summed E-state index contributed by atoms with van der Waals surface area (Å²) in [6.45, 7) is 8.12. The molecule has 1 aromatic heterocycles. The van der Waals surface area contributed by atoms with Crippen LogP contribution in [0.5, 0.6) is 0 Å². The van der Waals surface area contributed by atoms with E-state index in [0.717, 1.165) is 12.2 Å². The summed E-state index contributed by atoms with van der Waals surface area (Å²) in [5, 5.41) is 3.03. The molecule has 7 nitrogen and oxygen atoms in total. The lowest BCUT2D eigenvalue weighted by Gasteiger charge is -2.40. The Hall–Kier alpha value is -2.05. The fourth-order valence-electron chi connectivity index (χ4n) is 3.12. The van der Waals surface area contributed by atoms with Crippen LogP contribution >= 0.6 is 0 Å². The second kappa shape index (κ2) is 5.54. The second-order valence-electron chi connectivity index (χ2n) is 7.32. The van der Waals surface area contributed by atoms with Crippen molar-refractivity contribution < 1.29 is 14.3 Å². The Morgan fingerprint density at radius 3 is 2.74 bits per heavy atom. The molecule has 0 unspecified atom stereocenters. The topological polar surface area (TPSA) is 76.5 Å². The molecule has 3 heterocycles. The van der Waals surface area contributed by atoms with E-state index in [2.05, 4.69) is 21.8 Å². The maximum absolute atomic E-state index is 12.5. The molecule has 2 aliphatic rings. The number of ether oxygens (including phenoxy) is 1. The number of amides is 2. The Morgan fingerprint density at radius 2 is 2.13 bits per heavy atom. The van der Waals surface area contributed by atoms with Gasteiger partial charge in [0.25, 0.3) is 0 Å². The van der Waals surface area contributed by atoms with Gasteiger partial charge in [0.1, 0.15) is 17.5 Å². The summed E-state index contributed by atoms with van der Waals surface area (Å²) in [4.78, 5) is 30.4. The van der Waals surface area contributed by atoms with E-state index in [0.29, 0.717) is 19.0 Å². The number of rotatable bonds is 2. The van der Waals surface area contributed by atoms with Crippen LogP contribution in [0.15, 0.2) is 12.4 Å². The first-order valence-corrected chi connectivity index (χ1v) is 8.09. The van der Waals surface area contributed by atoms with Gasteiger partial charge in [-0.1, -0.05) is 0 Å². The largest absolute Gasteiger partial charge is 0.444 e. The van der Waals surface area contributed by atoms with Gasteiger partial charge in [-0.15, -0.1) is 0 Å². The minimum atomic E-state index is -0.556. The zero-order chi connectivity index (χ0) is 16.8. The van der Waals surface area contributed by atoms with Crippen molar-refractivity contribution in [1.29, 1.82) is 0 Å². The van der Waals surface area contributed by atoms with Crippen molar-refractivity contribution in [3.05, 3.63) is 18.2 Å². The number of carbonyl (C=O) groups is 2. The molecule has 0 bridgehead atoms. The predicted octanol–water partition coefficient (Wildman–Crippen LogP) is 2.01. The molecule has 23 heavy (non-hydrogen) atoms. The van der Waals surface area contributed by atoms with Gasteiger partial charge in [-0.3, -0.25) is 9.69 Å². The molecule has 3 rings (SSSR count). The zero-order valence-corrected chi connectivity index (χ0v) is 14.1. The Bertz CT molecular complexity index is 619. The van der Waals surface area contributed by atoms with Gasteiger partial charge in [0, 0.05) is 25.0 Å². The van der Waals surface area contributed by atoms with Crippen molar-refractivity contribution in [2.24, 2.45) is 0 Å². The highest BCUT2D eigenvalue weighted by Gasteiger charge is 2.41. The lowest BCUT2D eigenvalue weighted by atomic mass is 10.0. The molecule has 0 spiro atoms. The van der Waals surface area contributed by atoms with Gasteiger partial charge in [-0.25, -0.2) is 9.78 Å². The summed E-state index contributed by atoms with van der Waals surface area (Å²) in [5.41, 5.74) is -0.556. The zero-order valence-electron chi connectivity index (χ0n) is 14.1. The fourth-order valence-corrected chi connectivity index (χ4v) is 3.12. The lowest BCUT2D eigenvalue weighted by molar-refractivity contribution is -0.131. The third kappa shape index (κ3) is 3.04. The third-order valence-electron chi connectivity index (χ3n) is 4.33. The molecule has 2 amide bonds. The van der Waals surface area contributed by atoms with Crippen molar-refractivity contribution in [2.75, 3.05) is 6.54 Å². The number of aromatic nitrogens is 2. The molecule has 1 saturated heterocycles. The van der Waals surface area contributed by atoms with Gasteiger partial charge in [0.15, 0.2) is 0 Å². The molecule has 0 aliphatic carbocycles. The summed E-state index contributed by atoms with van der Waals surface area (Å²) >= 11 is 0. The molecule has 2 aliphatic heterocycles. The molecule has 1 aromatic rings. The minimum absolute atomic E-state index is 0.0893. The van der Waals surface area contributed by atoms with E-state index < -0.39 is 17.7 Å². The maximum atomic E-state index is 12.5. The van der Waals surface area contributed by atoms with Crippen LogP contribution in [0.25, 0.3) is 0 Å². The van der Waals surface area contributed by atoms with E-state index in [1.165, 1.54) is 4.90 Å². The highest BCUT2D eigenvalue weighted by molar-refractivity contribution is 5.87. The van der Waals surface area contributed by atoms with Gasteiger partial charge >= 0.3 is 6.09 Å². The highest BCUT2D eigenvalue weighted by atomic mass is 16.6. The number of nitrogens with one attached hydrogen (secondary N) is 1. The van der Waals surface area contributed by atoms with Crippen LogP contribution in [0.1, 0.15) is 58.4 Å². The number of carbonyl (C=O) groups excluding carboxylic acids is 2. The van der Waals surface area contributed by atoms with Crippen molar-refractivity contribution in [3.8, 4) is 0 Å². The number of imidazole rings is 1. The first-order valence-electron chi connectivity index (χ1n) is 8.09. The van der Waals surface area contributed by atoms with Crippen LogP contribution in [-0.2, 0) is 9.53 Å². The fraction of sp³-hybridized carbons (Fsp3) is 0.688. The van der Waals surface area contributed by atoms with Crippen molar-refractivity contribution in [1.82, 2.24) is 19.8 Å². The number of hydrogen-bond donors (Lipinski definition) is 1. The number of hydrogen-bond acceptors (Lipinski definition) is 4. The van der Waals surface area contributed by atoms with E-state index >= 15 is 0 Å². The van der Waals surface area contributed by atoms with Gasteiger partial charge in [0.2, 0.25) is 5.91 Å². The number of nitrogens with zero attached hydrogens (tertiary/aromatic N) is 3. The number of likely N-dealkylation sites (tertiary alicyclic amines) is 1. The van der Waals surface area contributed by atoms with E-state index in [4.69, 9.17) is 4.74 Å². The quantitative estimate of drug-likeness (QED) is 0.904. The van der Waals surface area contributed by atoms with E-state index in [-0.39, 0.29) is 11.9 Å². The highest BCUT2D eigenvalue weighted by Crippen LogP contribution is 2.33. The smallest absolute Gasteiger partial charge is 0.410 e. The molecule has 0 radical (unpaired) electrons. The Labute approximate surface area is 136 Å². The molecule has 0 aromatic carbocycles. The standard InChI is InChI=1S/C16H24N4O3/c1-10-9-11(13-17-6-8-19(10)13)18-14(21)12-5-7-20(12)15(22)23-16(2,3)4/h6,8,10-12H,5,7,9H2,1-4H3,(H,18,21)/t10-,11+,12-/m1/s1. The summed E-state index contributed by atoms with van der Waals surface area (Å²) in [5.74, 6) is 0.754. The summed E-state index contributed by atoms with van der Waals surface area (Å²) in [6.07, 6.45) is 4.75. The second-order valence-corrected chi connectivity index (χ2v) is 7.32. The molecule has 7 heteroatoms. The first kappa shape index (κ1) is 15.8. The van der Waals surface area contributed by atoms with Gasteiger partial charge in [0.05, 0.1) is 6.04 Å². The summed E-state index contributed by atoms with van der Waals surface area (Å²) in [7, 11) is 0. The van der Waals surface area contributed by atoms with Crippen LogP contribution < -0.4 is 5.32 Å². The van der Waals surface area contributed by atoms with E-state index in [1.807, 2.05) is 27.0 Å². The van der Waals surface area contributed by atoms with Gasteiger partial charge in [-0.05, 0) is 40.5 Å². The molecular formula is C16H24N4O3. The van der Waals surface area contributed by atoms with E-state index in [9.17, 15) is 9.59 Å². The summed E-state index contributed by atoms with van der Waals surface area (Å²) in [6, 6.07) is -0.209. The van der Waals surface area contributed by atoms with Crippen LogP contribution in [0, 0.1) is 0 Å². The van der Waals surface area contributed by atoms with Gasteiger partial charge in [-0.2, -0.15) is 0 Å². The van der Waals surface area contributed by atoms with Crippen molar-refractivity contribution >= 4 is 12.0 Å². The summed E-state index contributed by atoms with van der Waals surface area (Å²) < 4.78 is 7.42. The lowest BCUT2D eigenvalue weighted by Crippen LogP contribution is -2.59. The number of fused-ring (bicyclic) bond motifs is 1. The Kier molecular flexibility index (Phi) is 3.82. The molecular weight excluding hydrogens is 296 g/mol. The third-order valence-corrected chi connectivity index (χ3v) is 4.33. The van der Waals surface area contributed by atoms with Crippen LogP contribution in [0.4, 0.5) is 4.79 Å². The Morgan fingerprint density at radius 1 is 1.39 bits per heavy atom. The van der Waals surface area contributed by atoms with Crippen LogP contribution in [0.2, 0.25) is 0 Å². The van der Waals surface area contributed by atoms with Crippen molar-refractivity contribution in [3.63, 3.8) is 0 Å². The predicted molar refractivity (Wildman–Crippen MR) is 83.8 cm³/mol. The van der Waals surface area contributed by atoms with Crippen LogP contribution in [0.3, 0.4) is 0 Å². The molecule has 0 saturated carbocycles. The van der Waals surface area contributed by atoms with Crippen LogP contribution in [-0.4, -0.2) is 44.6 Å².